The predicted molar refractivity (Wildman–Crippen MR) is 76.4 cm³/mol. The SMILES string of the molecule is CCCN(CCC)c1nc(C(F)(F)F)nc2[nH]c(C)cc12. The Balaban J connectivity index is 2.62. The van der Waals surface area contributed by atoms with E-state index in [4.69, 9.17) is 0 Å². The number of halogens is 3. The molecule has 0 radical (unpaired) electrons. The number of aryl methyl sites for hydroxylation is 1. The standard InChI is InChI=1S/C14H19F3N4/c1-4-6-21(7-5-2)12-10-8-9(3)18-11(10)19-13(20-12)14(15,16)17/h8H,4-7H2,1-3H3,(H,18,19,20). The molecule has 1 N–H and O–H groups in total. The monoisotopic (exact) mass is 300 g/mol. The number of nitrogens with one attached hydrogen (secondary N) is 1. The van der Waals surface area contributed by atoms with Crippen molar-refractivity contribution in [3.63, 3.8) is 0 Å². The van der Waals surface area contributed by atoms with Gasteiger partial charge < -0.3 is 9.88 Å². The molecule has 0 fully saturated rings. The molecular formula is C14H19F3N4. The first-order valence-electron chi connectivity index (χ1n) is 7.06. The van der Waals surface area contributed by atoms with E-state index in [1.807, 2.05) is 18.7 Å². The van der Waals surface area contributed by atoms with E-state index >= 15 is 0 Å². The fourth-order valence-electron chi connectivity index (χ4n) is 2.36. The predicted octanol–water partition coefficient (Wildman–Crippen LogP) is 3.91. The Morgan fingerprint density at radius 1 is 1.14 bits per heavy atom. The minimum Gasteiger partial charge on any atom is -0.356 e. The maximum absolute atomic E-state index is 13.0. The van der Waals surface area contributed by atoms with Crippen molar-refractivity contribution in [3.05, 3.63) is 17.6 Å². The largest absolute Gasteiger partial charge is 0.451 e. The number of H-pyrrole nitrogens is 1. The number of rotatable bonds is 5. The third kappa shape index (κ3) is 3.28. The maximum atomic E-state index is 13.0. The third-order valence-electron chi connectivity index (χ3n) is 3.14. The van der Waals surface area contributed by atoms with Crippen LogP contribution in [0.2, 0.25) is 0 Å². The van der Waals surface area contributed by atoms with E-state index in [-0.39, 0.29) is 5.65 Å². The lowest BCUT2D eigenvalue weighted by Gasteiger charge is -2.23. The summed E-state index contributed by atoms with van der Waals surface area (Å²) in [7, 11) is 0. The van der Waals surface area contributed by atoms with Gasteiger partial charge in [0.25, 0.3) is 0 Å². The van der Waals surface area contributed by atoms with Crippen LogP contribution in [0.4, 0.5) is 19.0 Å². The summed E-state index contributed by atoms with van der Waals surface area (Å²) in [6.45, 7) is 7.12. The van der Waals surface area contributed by atoms with Gasteiger partial charge in [-0.25, -0.2) is 9.97 Å². The van der Waals surface area contributed by atoms with Crippen molar-refractivity contribution in [2.45, 2.75) is 39.8 Å². The van der Waals surface area contributed by atoms with Crippen molar-refractivity contribution in [3.8, 4) is 0 Å². The van der Waals surface area contributed by atoms with E-state index < -0.39 is 12.0 Å². The summed E-state index contributed by atoms with van der Waals surface area (Å²) < 4.78 is 38.9. The molecule has 0 bridgehead atoms. The van der Waals surface area contributed by atoms with E-state index in [0.29, 0.717) is 24.3 Å². The lowest BCUT2D eigenvalue weighted by Crippen LogP contribution is -2.27. The minimum absolute atomic E-state index is 0.238. The van der Waals surface area contributed by atoms with Crippen LogP contribution in [-0.2, 0) is 6.18 Å². The van der Waals surface area contributed by atoms with E-state index in [0.717, 1.165) is 18.5 Å². The van der Waals surface area contributed by atoms with Gasteiger partial charge in [0.05, 0.1) is 5.39 Å². The molecule has 2 rings (SSSR count). The highest BCUT2D eigenvalue weighted by Crippen LogP contribution is 2.32. The van der Waals surface area contributed by atoms with Crippen LogP contribution in [0.25, 0.3) is 11.0 Å². The number of hydrogen-bond acceptors (Lipinski definition) is 3. The first-order chi connectivity index (χ1) is 9.86. The van der Waals surface area contributed by atoms with Gasteiger partial charge in [-0.1, -0.05) is 13.8 Å². The van der Waals surface area contributed by atoms with Crippen molar-refractivity contribution in [1.82, 2.24) is 15.0 Å². The summed E-state index contributed by atoms with van der Waals surface area (Å²) in [5, 5.41) is 0.641. The zero-order valence-corrected chi connectivity index (χ0v) is 12.4. The van der Waals surface area contributed by atoms with Crippen LogP contribution in [0.5, 0.6) is 0 Å². The second-order valence-electron chi connectivity index (χ2n) is 5.07. The molecule has 2 heterocycles. The van der Waals surface area contributed by atoms with Gasteiger partial charge in [0.15, 0.2) is 0 Å². The molecular weight excluding hydrogens is 281 g/mol. The molecule has 21 heavy (non-hydrogen) atoms. The van der Waals surface area contributed by atoms with Crippen LogP contribution in [0.3, 0.4) is 0 Å². The quantitative estimate of drug-likeness (QED) is 0.910. The molecule has 2 aromatic rings. The number of nitrogens with zero attached hydrogens (tertiary/aromatic N) is 3. The van der Waals surface area contributed by atoms with Gasteiger partial charge in [0.2, 0.25) is 5.82 Å². The fourth-order valence-corrected chi connectivity index (χ4v) is 2.36. The van der Waals surface area contributed by atoms with Crippen LogP contribution in [0.15, 0.2) is 6.07 Å². The summed E-state index contributed by atoms with van der Waals surface area (Å²) in [6, 6.07) is 1.79. The lowest BCUT2D eigenvalue weighted by molar-refractivity contribution is -0.144. The van der Waals surface area contributed by atoms with Crippen LogP contribution >= 0.6 is 0 Å². The molecule has 0 saturated heterocycles. The van der Waals surface area contributed by atoms with E-state index in [1.165, 1.54) is 0 Å². The molecule has 0 atom stereocenters. The van der Waals surface area contributed by atoms with Crippen molar-refractivity contribution in [2.75, 3.05) is 18.0 Å². The molecule has 0 spiro atoms. The van der Waals surface area contributed by atoms with Crippen molar-refractivity contribution < 1.29 is 13.2 Å². The highest BCUT2D eigenvalue weighted by Gasteiger charge is 2.36. The molecule has 2 aromatic heterocycles. The average molecular weight is 300 g/mol. The number of aromatic nitrogens is 3. The number of alkyl halides is 3. The molecule has 0 aromatic carbocycles. The van der Waals surface area contributed by atoms with E-state index in [1.54, 1.807) is 13.0 Å². The molecule has 0 aliphatic carbocycles. The topological polar surface area (TPSA) is 44.8 Å². The van der Waals surface area contributed by atoms with E-state index in [2.05, 4.69) is 15.0 Å². The van der Waals surface area contributed by atoms with Gasteiger partial charge in [-0.15, -0.1) is 0 Å². The normalized spacial score (nSPS) is 12.1. The summed E-state index contributed by atoms with van der Waals surface area (Å²) >= 11 is 0. The zero-order valence-electron chi connectivity index (χ0n) is 12.4. The van der Waals surface area contributed by atoms with Gasteiger partial charge in [-0.05, 0) is 25.8 Å². The Kier molecular flexibility index (Phi) is 4.39. The van der Waals surface area contributed by atoms with Gasteiger partial charge in [0, 0.05) is 18.8 Å². The molecule has 0 unspecified atom stereocenters. The van der Waals surface area contributed by atoms with Crippen LogP contribution in [0, 0.1) is 6.92 Å². The van der Waals surface area contributed by atoms with Crippen molar-refractivity contribution >= 4 is 16.9 Å². The Morgan fingerprint density at radius 3 is 2.29 bits per heavy atom. The highest BCUT2D eigenvalue weighted by atomic mass is 19.4. The molecule has 0 aliphatic rings. The summed E-state index contributed by atoms with van der Waals surface area (Å²) in [4.78, 5) is 12.2. The summed E-state index contributed by atoms with van der Waals surface area (Å²) in [5.74, 6) is -0.732. The molecule has 0 aliphatic heterocycles. The smallest absolute Gasteiger partial charge is 0.356 e. The van der Waals surface area contributed by atoms with Gasteiger partial charge in [-0.3, -0.25) is 0 Å². The highest BCUT2D eigenvalue weighted by molar-refractivity contribution is 5.88. The minimum atomic E-state index is -4.55. The second kappa shape index (κ2) is 5.91. The number of fused-ring (bicyclic) bond motifs is 1. The Hall–Kier alpha value is -1.79. The number of hydrogen-bond donors (Lipinski definition) is 1. The lowest BCUT2D eigenvalue weighted by atomic mass is 10.3. The summed E-state index contributed by atoms with van der Waals surface area (Å²) in [6.07, 6.45) is -2.86. The van der Waals surface area contributed by atoms with Gasteiger partial charge in [-0.2, -0.15) is 13.2 Å². The molecule has 7 heteroatoms. The average Bonchev–Trinajstić information content (AvgIpc) is 2.76. The third-order valence-corrected chi connectivity index (χ3v) is 3.14. The summed E-state index contributed by atoms with van der Waals surface area (Å²) in [5.41, 5.74) is 1.01. The second-order valence-corrected chi connectivity index (χ2v) is 5.07. The van der Waals surface area contributed by atoms with E-state index in [9.17, 15) is 13.2 Å². The Labute approximate surface area is 121 Å². The molecule has 0 amide bonds. The first kappa shape index (κ1) is 15.6. The van der Waals surface area contributed by atoms with Gasteiger partial charge in [0.1, 0.15) is 11.5 Å². The van der Waals surface area contributed by atoms with Crippen LogP contribution < -0.4 is 4.90 Å². The number of anilines is 1. The molecule has 4 nitrogen and oxygen atoms in total. The first-order valence-corrected chi connectivity index (χ1v) is 7.06. The van der Waals surface area contributed by atoms with Gasteiger partial charge >= 0.3 is 6.18 Å². The Morgan fingerprint density at radius 2 is 1.76 bits per heavy atom. The zero-order chi connectivity index (χ0) is 15.6. The molecule has 0 saturated carbocycles. The molecule has 116 valence electrons. The Bertz CT molecular complexity index is 612. The van der Waals surface area contributed by atoms with Crippen LogP contribution in [0.1, 0.15) is 38.2 Å². The maximum Gasteiger partial charge on any atom is 0.451 e. The van der Waals surface area contributed by atoms with Crippen molar-refractivity contribution in [2.24, 2.45) is 0 Å². The fraction of sp³-hybridized carbons (Fsp3) is 0.571. The van der Waals surface area contributed by atoms with Crippen molar-refractivity contribution in [1.29, 1.82) is 0 Å². The number of aromatic amines is 1. The van der Waals surface area contributed by atoms with Crippen LogP contribution in [-0.4, -0.2) is 28.0 Å².